The monoisotopic (exact) mass is 494 g/mol. The van der Waals surface area contributed by atoms with Gasteiger partial charge < -0.3 is 20.5 Å². The number of anilines is 1. The molecule has 3 aromatic rings. The highest BCUT2D eigenvalue weighted by Crippen LogP contribution is 2.33. The average molecular weight is 495 g/mol. The molecule has 2 aliphatic rings. The molecule has 0 amide bonds. The van der Waals surface area contributed by atoms with Crippen LogP contribution in [0.1, 0.15) is 29.7 Å². The Balaban J connectivity index is 1.34. The number of nitrogens with zero attached hydrogens (tertiary/aromatic N) is 4. The fourth-order valence-corrected chi connectivity index (χ4v) is 4.45. The first-order valence-corrected chi connectivity index (χ1v) is 11.6. The molecule has 1 aromatic carbocycles. The van der Waals surface area contributed by atoms with Gasteiger partial charge in [-0.1, -0.05) is 12.1 Å². The van der Waals surface area contributed by atoms with Crippen LogP contribution in [0.25, 0.3) is 16.7 Å². The van der Waals surface area contributed by atoms with Crippen LogP contribution in [0.5, 0.6) is 0 Å². The number of alkyl halides is 3. The van der Waals surface area contributed by atoms with Crippen LogP contribution in [0.2, 0.25) is 0 Å². The number of nitrogens with one attached hydrogen (secondary N) is 4. The average Bonchev–Trinajstić information content (AvgIpc) is 3.32. The summed E-state index contributed by atoms with van der Waals surface area (Å²) in [6.45, 7) is 5.88. The van der Waals surface area contributed by atoms with E-state index in [-0.39, 0.29) is 17.0 Å². The molecule has 1 saturated heterocycles. The summed E-state index contributed by atoms with van der Waals surface area (Å²) in [6, 6.07) is 11.4. The molecule has 5 rings (SSSR count). The molecular weight excluding hydrogens is 469 g/mol. The van der Waals surface area contributed by atoms with Crippen molar-refractivity contribution in [2.45, 2.75) is 25.4 Å². The van der Waals surface area contributed by atoms with E-state index in [1.54, 1.807) is 6.20 Å². The number of piperazine rings is 1. The van der Waals surface area contributed by atoms with Crippen LogP contribution in [0.15, 0.2) is 53.3 Å². The van der Waals surface area contributed by atoms with Crippen molar-refractivity contribution in [1.82, 2.24) is 25.9 Å². The lowest BCUT2D eigenvalue weighted by Gasteiger charge is -2.30. The highest BCUT2D eigenvalue weighted by Gasteiger charge is 2.32. The molecule has 0 bridgehead atoms. The quantitative estimate of drug-likeness (QED) is 0.433. The number of nitriles is 1. The molecule has 36 heavy (non-hydrogen) atoms. The maximum absolute atomic E-state index is 13.3. The Kier molecular flexibility index (Phi) is 6.38. The van der Waals surface area contributed by atoms with Gasteiger partial charge in [0.05, 0.1) is 16.8 Å². The number of aromatic amines is 1. The van der Waals surface area contributed by atoms with Gasteiger partial charge in [-0.3, -0.25) is 10.3 Å². The second-order valence-electron chi connectivity index (χ2n) is 8.76. The second kappa shape index (κ2) is 9.64. The number of rotatable bonds is 5. The molecular formula is C25H25F3N8. The number of aromatic nitrogens is 2. The van der Waals surface area contributed by atoms with E-state index in [9.17, 15) is 18.4 Å². The van der Waals surface area contributed by atoms with Gasteiger partial charge in [0.15, 0.2) is 6.29 Å². The number of halogens is 3. The van der Waals surface area contributed by atoms with Gasteiger partial charge in [-0.15, -0.1) is 0 Å². The maximum atomic E-state index is 13.3. The summed E-state index contributed by atoms with van der Waals surface area (Å²) in [5, 5.41) is 19.8. The van der Waals surface area contributed by atoms with Crippen LogP contribution < -0.4 is 20.9 Å². The number of hydrogen-bond donors (Lipinski definition) is 4. The van der Waals surface area contributed by atoms with Crippen LogP contribution in [-0.2, 0) is 6.18 Å². The van der Waals surface area contributed by atoms with Crippen LogP contribution in [0.3, 0.4) is 0 Å². The van der Waals surface area contributed by atoms with Gasteiger partial charge in [-0.05, 0) is 30.7 Å². The predicted octanol–water partition coefficient (Wildman–Crippen LogP) is 3.53. The van der Waals surface area contributed by atoms with E-state index in [1.807, 2.05) is 6.92 Å². The summed E-state index contributed by atoms with van der Waals surface area (Å²) < 4.78 is 39.8. The van der Waals surface area contributed by atoms with E-state index in [4.69, 9.17) is 0 Å². The first kappa shape index (κ1) is 23.8. The van der Waals surface area contributed by atoms with Crippen molar-refractivity contribution in [1.29, 1.82) is 5.26 Å². The van der Waals surface area contributed by atoms with Crippen molar-refractivity contribution in [2.24, 2.45) is 4.99 Å². The standard InChI is InChI=1S/C25H25F3N8/c1-15(16-2-4-19(5-3-16)36-8-6-30-7-9-36)34-24-33-12-17(11-29)22(35-24)21-14-32-23-20(21)10-18(13-31-23)25(26,27)28/h2-5,10,12-15,24,30,34-35H,6-9H2,1H3,(H,31,32). The second-order valence-corrected chi connectivity index (χ2v) is 8.76. The summed E-state index contributed by atoms with van der Waals surface area (Å²) in [4.78, 5) is 13.5. The van der Waals surface area contributed by atoms with Gasteiger partial charge >= 0.3 is 6.18 Å². The third kappa shape index (κ3) is 4.78. The summed E-state index contributed by atoms with van der Waals surface area (Å²) in [6.07, 6.45) is -1.33. The van der Waals surface area contributed by atoms with Crippen molar-refractivity contribution in [3.05, 3.63) is 65.0 Å². The van der Waals surface area contributed by atoms with Gasteiger partial charge in [0, 0.05) is 67.5 Å². The van der Waals surface area contributed by atoms with E-state index in [0.29, 0.717) is 16.9 Å². The Morgan fingerprint density at radius 2 is 1.94 bits per heavy atom. The Bertz CT molecular complexity index is 1340. The van der Waals surface area contributed by atoms with Crippen LogP contribution in [0, 0.1) is 11.3 Å². The topological polar surface area (TPSA) is 104 Å². The number of aliphatic imine (C=N–C) groups is 1. The summed E-state index contributed by atoms with van der Waals surface area (Å²) in [5.41, 5.74) is 2.72. The SMILES string of the molecule is CC(NC1N=CC(C#N)=C(c2c[nH]c3ncc(C(F)(F)F)cc23)N1)c1ccc(N2CCNCC2)cc1. The first-order chi connectivity index (χ1) is 17.3. The Morgan fingerprint density at radius 1 is 1.19 bits per heavy atom. The van der Waals surface area contributed by atoms with E-state index >= 15 is 0 Å². The third-order valence-corrected chi connectivity index (χ3v) is 6.43. The smallest absolute Gasteiger partial charge is 0.369 e. The van der Waals surface area contributed by atoms with E-state index in [0.717, 1.165) is 44.0 Å². The molecule has 0 saturated carbocycles. The summed E-state index contributed by atoms with van der Waals surface area (Å²) in [7, 11) is 0. The van der Waals surface area contributed by atoms with Crippen molar-refractivity contribution in [2.75, 3.05) is 31.1 Å². The first-order valence-electron chi connectivity index (χ1n) is 11.6. The zero-order valence-corrected chi connectivity index (χ0v) is 19.5. The van der Waals surface area contributed by atoms with Gasteiger partial charge in [-0.2, -0.15) is 18.4 Å². The zero-order chi connectivity index (χ0) is 25.3. The largest absolute Gasteiger partial charge is 0.417 e. The number of fused-ring (bicyclic) bond motifs is 1. The molecule has 2 aliphatic heterocycles. The number of benzene rings is 1. The van der Waals surface area contributed by atoms with Gasteiger partial charge in [0.1, 0.15) is 11.7 Å². The molecule has 0 radical (unpaired) electrons. The molecule has 8 nitrogen and oxygen atoms in total. The van der Waals surface area contributed by atoms with Gasteiger partial charge in [0.25, 0.3) is 0 Å². The normalized spacial score (nSPS) is 19.3. The van der Waals surface area contributed by atoms with E-state index < -0.39 is 18.0 Å². The lowest BCUT2D eigenvalue weighted by Crippen LogP contribution is -2.43. The Morgan fingerprint density at radius 3 is 2.64 bits per heavy atom. The minimum absolute atomic E-state index is 0.0805. The fourth-order valence-electron chi connectivity index (χ4n) is 4.45. The lowest BCUT2D eigenvalue weighted by molar-refractivity contribution is -0.137. The van der Waals surface area contributed by atoms with Gasteiger partial charge in [0.2, 0.25) is 0 Å². The Hall–Kier alpha value is -3.88. The highest BCUT2D eigenvalue weighted by molar-refractivity contribution is 6.01. The van der Waals surface area contributed by atoms with E-state index in [1.165, 1.54) is 11.9 Å². The van der Waals surface area contributed by atoms with Crippen molar-refractivity contribution in [3.63, 3.8) is 0 Å². The third-order valence-electron chi connectivity index (χ3n) is 6.43. The molecule has 2 unspecified atom stereocenters. The van der Waals surface area contributed by atoms with Gasteiger partial charge in [-0.25, -0.2) is 4.98 Å². The highest BCUT2D eigenvalue weighted by atomic mass is 19.4. The van der Waals surface area contributed by atoms with Crippen molar-refractivity contribution in [3.8, 4) is 6.07 Å². The number of pyridine rings is 1. The van der Waals surface area contributed by atoms with Crippen molar-refractivity contribution >= 4 is 28.6 Å². The van der Waals surface area contributed by atoms with Crippen LogP contribution in [-0.4, -0.2) is 48.7 Å². The summed E-state index contributed by atoms with van der Waals surface area (Å²) >= 11 is 0. The molecule has 0 spiro atoms. The number of H-pyrrole nitrogens is 1. The number of allylic oxidation sites excluding steroid dienone is 1. The minimum atomic E-state index is -4.52. The van der Waals surface area contributed by atoms with Crippen molar-refractivity contribution < 1.29 is 13.2 Å². The zero-order valence-electron chi connectivity index (χ0n) is 19.5. The van der Waals surface area contributed by atoms with Crippen LogP contribution >= 0.6 is 0 Å². The minimum Gasteiger partial charge on any atom is -0.369 e. The molecule has 2 aromatic heterocycles. The molecule has 4 N–H and O–H groups in total. The summed E-state index contributed by atoms with van der Waals surface area (Å²) in [5.74, 6) is 0. The number of hydrogen-bond acceptors (Lipinski definition) is 7. The molecule has 186 valence electrons. The molecule has 4 heterocycles. The van der Waals surface area contributed by atoms with Crippen LogP contribution in [0.4, 0.5) is 18.9 Å². The molecule has 1 fully saturated rings. The predicted molar refractivity (Wildman–Crippen MR) is 132 cm³/mol. The van der Waals surface area contributed by atoms with E-state index in [2.05, 4.69) is 66.1 Å². The molecule has 11 heteroatoms. The molecule has 2 atom stereocenters. The lowest BCUT2D eigenvalue weighted by atomic mass is 10.0. The maximum Gasteiger partial charge on any atom is 0.417 e. The Labute approximate surface area is 205 Å². The fraction of sp³-hybridized carbons (Fsp3) is 0.320. The molecule has 0 aliphatic carbocycles.